The zero-order valence-electron chi connectivity index (χ0n) is 9.63. The summed E-state index contributed by atoms with van der Waals surface area (Å²) in [6.45, 7) is 0.406. The number of hydrogen-bond acceptors (Lipinski definition) is 2. The van der Waals surface area contributed by atoms with Crippen LogP contribution in [0.25, 0.3) is 0 Å². The first-order valence-corrected chi connectivity index (χ1v) is 6.69. The van der Waals surface area contributed by atoms with Gasteiger partial charge in [0.15, 0.2) is 0 Å². The average molecular weight is 302 g/mol. The molecule has 1 aliphatic rings. The summed E-state index contributed by atoms with van der Waals surface area (Å²) in [5.74, 6) is -0.230. The topological polar surface area (TPSA) is 46.2 Å². The Morgan fingerprint density at radius 3 is 2.82 bits per heavy atom. The van der Waals surface area contributed by atoms with E-state index in [1.165, 1.54) is 6.07 Å². The second kappa shape index (κ2) is 5.04. The van der Waals surface area contributed by atoms with E-state index >= 15 is 0 Å². The summed E-state index contributed by atoms with van der Waals surface area (Å²) in [6, 6.07) is 5.05. The third-order valence-corrected chi connectivity index (χ3v) is 4.32. The fourth-order valence-electron chi connectivity index (χ4n) is 2.68. The van der Waals surface area contributed by atoms with Gasteiger partial charge in [-0.25, -0.2) is 4.39 Å². The van der Waals surface area contributed by atoms with Crippen LogP contribution in [-0.2, 0) is 6.42 Å². The zero-order valence-corrected chi connectivity index (χ0v) is 11.2. The highest BCUT2D eigenvalue weighted by molar-refractivity contribution is 9.10. The molecule has 2 nitrogen and oxygen atoms in total. The number of halogens is 2. The van der Waals surface area contributed by atoms with Gasteiger partial charge in [-0.15, -0.1) is 0 Å². The molecule has 1 fully saturated rings. The van der Waals surface area contributed by atoms with E-state index in [9.17, 15) is 9.50 Å². The van der Waals surface area contributed by atoms with Gasteiger partial charge in [-0.3, -0.25) is 0 Å². The van der Waals surface area contributed by atoms with Crippen molar-refractivity contribution in [3.05, 3.63) is 34.1 Å². The third-order valence-electron chi connectivity index (χ3n) is 3.82. The second-order valence-electron chi connectivity index (χ2n) is 4.89. The molecule has 1 aromatic rings. The van der Waals surface area contributed by atoms with Crippen molar-refractivity contribution in [3.63, 3.8) is 0 Å². The molecule has 2 rings (SSSR count). The van der Waals surface area contributed by atoms with Gasteiger partial charge in [0.25, 0.3) is 0 Å². The van der Waals surface area contributed by atoms with Gasteiger partial charge < -0.3 is 10.8 Å². The highest BCUT2D eigenvalue weighted by atomic mass is 79.9. The molecule has 4 heteroatoms. The Kier molecular flexibility index (Phi) is 3.85. The van der Waals surface area contributed by atoms with Crippen molar-refractivity contribution < 1.29 is 9.50 Å². The maximum Gasteiger partial charge on any atom is 0.127 e. The largest absolute Gasteiger partial charge is 0.392 e. The summed E-state index contributed by atoms with van der Waals surface area (Å²) in [4.78, 5) is 0. The van der Waals surface area contributed by atoms with Crippen molar-refractivity contribution in [2.45, 2.75) is 31.8 Å². The molecule has 0 radical (unpaired) electrons. The molecule has 2 atom stereocenters. The Bertz CT molecular complexity index is 412. The minimum Gasteiger partial charge on any atom is -0.392 e. The Balaban J connectivity index is 2.24. The predicted molar refractivity (Wildman–Crippen MR) is 69.1 cm³/mol. The van der Waals surface area contributed by atoms with Crippen LogP contribution in [-0.4, -0.2) is 17.8 Å². The van der Waals surface area contributed by atoms with Gasteiger partial charge in [0.2, 0.25) is 0 Å². The second-order valence-corrected chi connectivity index (χ2v) is 5.80. The standard InChI is InChI=1S/C13H17BrFNO/c14-10-4-3-9(11(15)6-10)7-13(8-16)5-1-2-12(13)17/h3-4,6,12,17H,1-2,5,7-8,16H2. The van der Waals surface area contributed by atoms with Crippen LogP contribution in [0.2, 0.25) is 0 Å². The minimum atomic E-state index is -0.407. The van der Waals surface area contributed by atoms with Crippen LogP contribution in [0, 0.1) is 11.2 Å². The molecule has 0 spiro atoms. The normalized spacial score (nSPS) is 28.6. The van der Waals surface area contributed by atoms with Gasteiger partial charge in [-0.05, 0) is 37.0 Å². The molecule has 0 aromatic heterocycles. The van der Waals surface area contributed by atoms with Gasteiger partial charge in [0.05, 0.1) is 6.10 Å². The molecule has 0 aliphatic heterocycles. The quantitative estimate of drug-likeness (QED) is 0.901. The zero-order chi connectivity index (χ0) is 12.5. The van der Waals surface area contributed by atoms with E-state index in [0.29, 0.717) is 18.5 Å². The fourth-order valence-corrected chi connectivity index (χ4v) is 3.01. The van der Waals surface area contributed by atoms with Crippen molar-refractivity contribution in [1.82, 2.24) is 0 Å². The smallest absolute Gasteiger partial charge is 0.127 e. The molecule has 17 heavy (non-hydrogen) atoms. The van der Waals surface area contributed by atoms with Crippen LogP contribution in [0.3, 0.4) is 0 Å². The molecule has 1 saturated carbocycles. The van der Waals surface area contributed by atoms with Crippen LogP contribution in [0.4, 0.5) is 4.39 Å². The number of aliphatic hydroxyl groups is 1. The van der Waals surface area contributed by atoms with Gasteiger partial charge in [-0.1, -0.05) is 28.4 Å². The van der Waals surface area contributed by atoms with Crippen molar-refractivity contribution in [2.24, 2.45) is 11.1 Å². The lowest BCUT2D eigenvalue weighted by atomic mass is 9.78. The Morgan fingerprint density at radius 2 is 2.29 bits per heavy atom. The van der Waals surface area contributed by atoms with Gasteiger partial charge in [0, 0.05) is 16.4 Å². The van der Waals surface area contributed by atoms with E-state index in [-0.39, 0.29) is 11.2 Å². The summed E-state index contributed by atoms with van der Waals surface area (Å²) in [5, 5.41) is 10.0. The molecule has 94 valence electrons. The molecule has 0 saturated heterocycles. The first-order valence-electron chi connectivity index (χ1n) is 5.89. The van der Waals surface area contributed by atoms with Crippen molar-refractivity contribution in [1.29, 1.82) is 0 Å². The van der Waals surface area contributed by atoms with Gasteiger partial charge in [-0.2, -0.15) is 0 Å². The Morgan fingerprint density at radius 1 is 1.53 bits per heavy atom. The molecular formula is C13H17BrFNO. The molecule has 0 bridgehead atoms. The first kappa shape index (κ1) is 13.0. The van der Waals surface area contributed by atoms with E-state index in [4.69, 9.17) is 5.73 Å². The summed E-state index contributed by atoms with van der Waals surface area (Å²) < 4.78 is 14.5. The highest BCUT2D eigenvalue weighted by Gasteiger charge is 2.41. The molecule has 0 amide bonds. The number of benzene rings is 1. The van der Waals surface area contributed by atoms with Crippen molar-refractivity contribution >= 4 is 15.9 Å². The van der Waals surface area contributed by atoms with Crippen LogP contribution in [0.1, 0.15) is 24.8 Å². The van der Waals surface area contributed by atoms with Crippen LogP contribution >= 0.6 is 15.9 Å². The maximum atomic E-state index is 13.8. The maximum absolute atomic E-state index is 13.8. The SMILES string of the molecule is NCC1(Cc2ccc(Br)cc2F)CCCC1O. The van der Waals surface area contributed by atoms with Gasteiger partial charge in [0.1, 0.15) is 5.82 Å². The van der Waals surface area contributed by atoms with Crippen LogP contribution < -0.4 is 5.73 Å². The lowest BCUT2D eigenvalue weighted by Crippen LogP contribution is -2.39. The van der Waals surface area contributed by atoms with Crippen LogP contribution in [0.15, 0.2) is 22.7 Å². The average Bonchev–Trinajstić information content (AvgIpc) is 2.65. The Hall–Kier alpha value is -0.450. The Labute approximate surface area is 109 Å². The summed E-state index contributed by atoms with van der Waals surface area (Å²) in [6.07, 6.45) is 2.73. The third kappa shape index (κ3) is 2.54. The lowest BCUT2D eigenvalue weighted by Gasteiger charge is -2.31. The minimum absolute atomic E-state index is 0.230. The highest BCUT2D eigenvalue weighted by Crippen LogP contribution is 2.40. The van der Waals surface area contributed by atoms with E-state index in [1.807, 2.05) is 6.07 Å². The van der Waals surface area contributed by atoms with E-state index in [1.54, 1.807) is 6.07 Å². The molecule has 1 aliphatic carbocycles. The van der Waals surface area contributed by atoms with E-state index in [2.05, 4.69) is 15.9 Å². The molecule has 2 unspecified atom stereocenters. The fraction of sp³-hybridized carbons (Fsp3) is 0.538. The van der Waals surface area contributed by atoms with Crippen molar-refractivity contribution in [3.8, 4) is 0 Å². The lowest BCUT2D eigenvalue weighted by molar-refractivity contribution is 0.0582. The molecular weight excluding hydrogens is 285 g/mol. The summed E-state index contributed by atoms with van der Waals surface area (Å²) in [7, 11) is 0. The van der Waals surface area contributed by atoms with Crippen LogP contribution in [0.5, 0.6) is 0 Å². The molecule has 1 aromatic carbocycles. The molecule has 3 N–H and O–H groups in total. The number of aliphatic hydroxyl groups excluding tert-OH is 1. The monoisotopic (exact) mass is 301 g/mol. The van der Waals surface area contributed by atoms with Gasteiger partial charge >= 0.3 is 0 Å². The number of rotatable bonds is 3. The summed E-state index contributed by atoms with van der Waals surface area (Å²) in [5.41, 5.74) is 6.10. The first-order chi connectivity index (χ1) is 8.07. The molecule has 0 heterocycles. The van der Waals surface area contributed by atoms with Crippen molar-refractivity contribution in [2.75, 3.05) is 6.54 Å². The summed E-state index contributed by atoms with van der Waals surface area (Å²) >= 11 is 3.24. The predicted octanol–water partition coefficient (Wildman–Crippen LogP) is 2.62. The van der Waals surface area contributed by atoms with E-state index in [0.717, 1.165) is 23.7 Å². The number of nitrogens with two attached hydrogens (primary N) is 1. The number of hydrogen-bond donors (Lipinski definition) is 2. The van der Waals surface area contributed by atoms with E-state index < -0.39 is 6.10 Å².